The van der Waals surface area contributed by atoms with Crippen LogP contribution in [0, 0.1) is 0 Å². The Morgan fingerprint density at radius 3 is 2.17 bits per heavy atom. The van der Waals surface area contributed by atoms with Crippen LogP contribution in [0.15, 0.2) is 82.2 Å². The van der Waals surface area contributed by atoms with E-state index in [-0.39, 0.29) is 23.3 Å². The molecule has 11 nitrogen and oxygen atoms in total. The molecule has 4 aromatic rings. The van der Waals surface area contributed by atoms with Gasteiger partial charge >= 0.3 is 11.9 Å². The number of thiazole rings is 1. The number of rotatable bonds is 13. The van der Waals surface area contributed by atoms with Crippen molar-refractivity contribution in [3.05, 3.63) is 114 Å². The number of hydrogen-bond donors (Lipinski definition) is 1. The van der Waals surface area contributed by atoms with Crippen molar-refractivity contribution < 1.29 is 38.4 Å². The lowest BCUT2D eigenvalue weighted by atomic mass is 9.97. The number of aromatic nitrogens is 1. The predicted octanol–water partition coefficient (Wildman–Crippen LogP) is 4.49. The first-order valence-electron chi connectivity index (χ1n) is 15.0. The molecular weight excluding hydrogens is 624 g/mol. The normalized spacial score (nSPS) is 14.0. The van der Waals surface area contributed by atoms with Crippen LogP contribution in [0.2, 0.25) is 0 Å². The van der Waals surface area contributed by atoms with Gasteiger partial charge in [0.15, 0.2) is 27.8 Å². The summed E-state index contributed by atoms with van der Waals surface area (Å²) >= 11 is 1.20. The number of fused-ring (bicyclic) bond motifs is 1. The number of carboxylic acid groups (broad SMARTS) is 1. The van der Waals surface area contributed by atoms with Crippen LogP contribution in [0.1, 0.15) is 53.9 Å². The lowest BCUT2D eigenvalue weighted by Crippen LogP contribution is -2.39. The van der Waals surface area contributed by atoms with Crippen molar-refractivity contribution in [3.8, 4) is 23.0 Å². The summed E-state index contributed by atoms with van der Waals surface area (Å²) in [5.41, 5.74) is 2.19. The van der Waals surface area contributed by atoms with Gasteiger partial charge in [-0.25, -0.2) is 14.6 Å². The highest BCUT2D eigenvalue weighted by Crippen LogP contribution is 2.35. The molecule has 244 valence electrons. The van der Waals surface area contributed by atoms with E-state index in [0.29, 0.717) is 63.3 Å². The molecule has 1 atom stereocenters. The number of carbonyl (C=O) groups is 2. The fraction of sp³-hybridized carbons (Fsp3) is 0.257. The minimum Gasteiger partial charge on any atom is -0.490 e. The van der Waals surface area contributed by atoms with E-state index in [1.54, 1.807) is 48.5 Å². The Morgan fingerprint density at radius 2 is 1.51 bits per heavy atom. The number of benzene rings is 3. The fourth-order valence-electron chi connectivity index (χ4n) is 5.05. The van der Waals surface area contributed by atoms with Gasteiger partial charge in [0.2, 0.25) is 0 Å². The van der Waals surface area contributed by atoms with E-state index in [1.165, 1.54) is 41.3 Å². The molecule has 0 saturated heterocycles. The molecule has 0 radical (unpaired) electrons. The maximum Gasteiger partial charge on any atom is 0.337 e. The first-order chi connectivity index (χ1) is 22.8. The third kappa shape index (κ3) is 7.23. The van der Waals surface area contributed by atoms with Crippen molar-refractivity contribution in [3.63, 3.8) is 0 Å². The minimum absolute atomic E-state index is 0.195. The van der Waals surface area contributed by atoms with E-state index in [1.807, 2.05) is 26.8 Å². The number of hydrogen-bond acceptors (Lipinski definition) is 10. The van der Waals surface area contributed by atoms with Gasteiger partial charge in [-0.2, -0.15) is 0 Å². The van der Waals surface area contributed by atoms with Crippen molar-refractivity contribution in [2.24, 2.45) is 4.99 Å². The van der Waals surface area contributed by atoms with Crippen LogP contribution in [0.25, 0.3) is 6.08 Å². The number of nitrogens with zero attached hydrogens (tertiary/aromatic N) is 2. The molecule has 0 amide bonds. The van der Waals surface area contributed by atoms with Crippen LogP contribution >= 0.6 is 11.3 Å². The Morgan fingerprint density at radius 1 is 0.872 bits per heavy atom. The van der Waals surface area contributed by atoms with Gasteiger partial charge < -0.3 is 28.8 Å². The summed E-state index contributed by atoms with van der Waals surface area (Å²) in [4.78, 5) is 42.9. The lowest BCUT2D eigenvalue weighted by Gasteiger charge is -2.23. The van der Waals surface area contributed by atoms with Crippen LogP contribution in [0.4, 0.5) is 0 Å². The topological polar surface area (TPSA) is 135 Å². The van der Waals surface area contributed by atoms with Gasteiger partial charge in [0.05, 0.1) is 48.6 Å². The van der Waals surface area contributed by atoms with E-state index in [2.05, 4.69) is 4.99 Å². The zero-order valence-electron chi connectivity index (χ0n) is 26.3. The molecule has 0 fully saturated rings. The largest absolute Gasteiger partial charge is 0.490 e. The maximum absolute atomic E-state index is 14.0. The number of aromatic carboxylic acids is 1. The molecule has 47 heavy (non-hydrogen) atoms. The second kappa shape index (κ2) is 14.8. The molecule has 1 aliphatic heterocycles. The highest BCUT2D eigenvalue weighted by atomic mass is 32.1. The highest BCUT2D eigenvalue weighted by Gasteiger charge is 2.31. The molecule has 0 unspecified atom stereocenters. The maximum atomic E-state index is 14.0. The first-order valence-corrected chi connectivity index (χ1v) is 15.8. The Hall–Kier alpha value is -5.36. The van der Waals surface area contributed by atoms with E-state index < -0.39 is 18.0 Å². The van der Waals surface area contributed by atoms with Crippen molar-refractivity contribution >= 4 is 29.4 Å². The second-order valence-electron chi connectivity index (χ2n) is 10.2. The Balaban J connectivity index is 1.51. The third-order valence-corrected chi connectivity index (χ3v) is 8.17. The van der Waals surface area contributed by atoms with Crippen molar-refractivity contribution in [2.45, 2.75) is 33.4 Å². The Kier molecular flexibility index (Phi) is 10.4. The van der Waals surface area contributed by atoms with Gasteiger partial charge in [-0.15, -0.1) is 0 Å². The molecule has 0 spiro atoms. The molecule has 0 bridgehead atoms. The molecule has 1 aromatic heterocycles. The van der Waals surface area contributed by atoms with Crippen LogP contribution in [0.3, 0.4) is 0 Å². The highest BCUT2D eigenvalue weighted by molar-refractivity contribution is 7.07. The Labute approximate surface area is 274 Å². The van der Waals surface area contributed by atoms with Crippen molar-refractivity contribution in [1.82, 2.24) is 4.57 Å². The summed E-state index contributed by atoms with van der Waals surface area (Å²) in [5, 5.41) is 9.13. The molecule has 5 rings (SSSR count). The van der Waals surface area contributed by atoms with Crippen molar-refractivity contribution in [2.75, 3.05) is 26.9 Å². The standard InChI is InChI=1S/C35H34N2O9S/c1-5-43-26-15-13-24(18-29(26)45-7-3)31-25(34(41)42-4)19-36-35-37(31)32(38)30(47-35)17-22-10-14-27(28(16-22)44-6-2)46-20-21-8-11-23(12-9-21)33(39)40/h8-19,31H,5-7,20H2,1-4H3,(H,39,40)/b30-17-/t31-/m1/s1. The van der Waals surface area contributed by atoms with E-state index in [4.69, 9.17) is 28.8 Å². The third-order valence-electron chi connectivity index (χ3n) is 7.17. The Bertz CT molecular complexity index is 1990. The lowest BCUT2D eigenvalue weighted by molar-refractivity contribution is -0.136. The van der Waals surface area contributed by atoms with Gasteiger partial charge in [0.25, 0.3) is 5.56 Å². The molecule has 12 heteroatoms. The second-order valence-corrected chi connectivity index (χ2v) is 11.2. The molecule has 1 aliphatic rings. The molecule has 3 aromatic carbocycles. The number of carboxylic acids is 1. The van der Waals surface area contributed by atoms with Gasteiger partial charge in [-0.1, -0.05) is 35.6 Å². The number of carbonyl (C=O) groups excluding carboxylic acids is 1. The molecular formula is C35H34N2O9S. The molecule has 1 N–H and O–H groups in total. The molecule has 2 heterocycles. The number of methoxy groups -OCH3 is 1. The van der Waals surface area contributed by atoms with E-state index in [9.17, 15) is 14.4 Å². The van der Waals surface area contributed by atoms with Gasteiger partial charge in [-0.3, -0.25) is 9.36 Å². The predicted molar refractivity (Wildman–Crippen MR) is 175 cm³/mol. The summed E-state index contributed by atoms with van der Waals surface area (Å²) in [7, 11) is 1.29. The molecule has 0 saturated carbocycles. The quantitative estimate of drug-likeness (QED) is 0.206. The van der Waals surface area contributed by atoms with Gasteiger partial charge in [0.1, 0.15) is 6.61 Å². The summed E-state index contributed by atoms with van der Waals surface area (Å²) in [6.45, 7) is 7.04. The summed E-state index contributed by atoms with van der Waals surface area (Å²) < 4.78 is 30.3. The van der Waals surface area contributed by atoms with Crippen LogP contribution in [0.5, 0.6) is 23.0 Å². The summed E-state index contributed by atoms with van der Waals surface area (Å²) in [6, 6.07) is 16.3. The summed E-state index contributed by atoms with van der Waals surface area (Å²) in [5.74, 6) is 0.442. The average molecular weight is 659 g/mol. The van der Waals surface area contributed by atoms with E-state index >= 15 is 0 Å². The van der Waals surface area contributed by atoms with Crippen LogP contribution in [-0.4, -0.2) is 48.5 Å². The SMILES string of the molecule is CCOc1ccc([C@@H]2C(C(=O)OC)=CN=c3s/c(=C\c4ccc(OCc5ccc(C(=O)O)cc5)c(OCC)c4)c(=O)n32)cc1OCC. The van der Waals surface area contributed by atoms with Gasteiger partial charge in [0, 0.05) is 6.20 Å². The number of esters is 1. The van der Waals surface area contributed by atoms with E-state index in [0.717, 1.165) is 5.56 Å². The van der Waals surface area contributed by atoms with Crippen LogP contribution in [-0.2, 0) is 16.1 Å². The summed E-state index contributed by atoms with van der Waals surface area (Å²) in [6.07, 6.45) is 3.18. The zero-order valence-corrected chi connectivity index (χ0v) is 27.2. The van der Waals surface area contributed by atoms with Crippen LogP contribution < -0.4 is 33.8 Å². The van der Waals surface area contributed by atoms with Crippen molar-refractivity contribution in [1.29, 1.82) is 0 Å². The first kappa shape index (κ1) is 33.0. The minimum atomic E-state index is -0.995. The smallest absolute Gasteiger partial charge is 0.337 e. The monoisotopic (exact) mass is 658 g/mol. The number of ether oxygens (including phenoxy) is 5. The zero-order chi connectivity index (χ0) is 33.5. The fourth-order valence-corrected chi connectivity index (χ4v) is 6.01. The molecule has 0 aliphatic carbocycles. The average Bonchev–Trinajstić information content (AvgIpc) is 3.39. The van der Waals surface area contributed by atoms with Gasteiger partial charge in [-0.05, 0) is 79.9 Å².